The number of aromatic carboxylic acids is 1. The van der Waals surface area contributed by atoms with E-state index in [1.165, 1.54) is 35.3 Å². The van der Waals surface area contributed by atoms with Gasteiger partial charge in [0.2, 0.25) is 6.41 Å². The molecule has 2 N–H and O–H groups in total. The van der Waals surface area contributed by atoms with Gasteiger partial charge in [-0.1, -0.05) is 0 Å². The molecular formula is C27H31FN4O5S. The summed E-state index contributed by atoms with van der Waals surface area (Å²) in [7, 11) is 0. The van der Waals surface area contributed by atoms with E-state index < -0.39 is 23.5 Å². The maximum atomic E-state index is 15.7. The fraction of sp³-hybridized carbons (Fsp3) is 0.444. The zero-order valence-electron chi connectivity index (χ0n) is 21.4. The number of thiazole rings is 1. The molecule has 2 aliphatic rings. The van der Waals surface area contributed by atoms with Crippen LogP contribution < -0.4 is 4.90 Å². The summed E-state index contributed by atoms with van der Waals surface area (Å²) in [4.78, 5) is 47.6. The van der Waals surface area contributed by atoms with Gasteiger partial charge in [-0.25, -0.2) is 19.0 Å². The first-order valence-electron chi connectivity index (χ1n) is 12.4. The number of carbonyl (C=O) groups is 3. The molecule has 0 bridgehead atoms. The van der Waals surface area contributed by atoms with Crippen LogP contribution in [0.15, 0.2) is 45.9 Å². The van der Waals surface area contributed by atoms with Gasteiger partial charge in [-0.15, -0.1) is 11.3 Å². The minimum atomic E-state index is -1.55. The molecule has 0 aliphatic carbocycles. The van der Waals surface area contributed by atoms with E-state index in [0.717, 1.165) is 16.3 Å². The molecule has 2 atom stereocenters. The lowest BCUT2D eigenvalue weighted by atomic mass is 9.83. The number of nitrogens with zero attached hydrogens (tertiary/aromatic N) is 4. The van der Waals surface area contributed by atoms with Crippen molar-refractivity contribution in [3.63, 3.8) is 0 Å². The second kappa shape index (κ2) is 11.5. The first-order chi connectivity index (χ1) is 18.1. The Morgan fingerprint density at radius 1 is 1.29 bits per heavy atom. The summed E-state index contributed by atoms with van der Waals surface area (Å²) in [6, 6.07) is 4.63. The SMILES string of the molecule is Cc1cc(C(=O)O)cc(N(C=O)CC2CN(CC3=C(C(=O)O)CN=C(Cc4nccs4)C3)CCC2(C)F)c1. The number of anilines is 1. The fourth-order valence-corrected chi connectivity index (χ4v) is 5.70. The molecule has 38 heavy (non-hydrogen) atoms. The van der Waals surface area contributed by atoms with Crippen molar-refractivity contribution in [2.75, 3.05) is 37.6 Å². The number of aromatic nitrogens is 1. The van der Waals surface area contributed by atoms with Gasteiger partial charge in [0.25, 0.3) is 0 Å². The van der Waals surface area contributed by atoms with Crippen LogP contribution in [0.5, 0.6) is 0 Å². The highest BCUT2D eigenvalue weighted by atomic mass is 32.1. The van der Waals surface area contributed by atoms with Crippen LogP contribution in [-0.2, 0) is 16.0 Å². The molecule has 202 valence electrons. The molecule has 1 aromatic heterocycles. The molecule has 11 heteroatoms. The van der Waals surface area contributed by atoms with Crippen LogP contribution in [-0.4, -0.2) is 82.5 Å². The monoisotopic (exact) mass is 542 g/mol. The van der Waals surface area contributed by atoms with E-state index >= 15 is 4.39 Å². The second-order valence-corrected chi connectivity index (χ2v) is 11.1. The average Bonchev–Trinajstić information content (AvgIpc) is 3.37. The van der Waals surface area contributed by atoms with Gasteiger partial charge < -0.3 is 15.1 Å². The predicted molar refractivity (Wildman–Crippen MR) is 143 cm³/mol. The molecule has 2 aromatic rings. The Kier molecular flexibility index (Phi) is 8.37. The van der Waals surface area contributed by atoms with Crippen LogP contribution in [0.1, 0.15) is 40.7 Å². The number of alkyl halides is 1. The van der Waals surface area contributed by atoms with Crippen LogP contribution in [0.25, 0.3) is 0 Å². The molecular weight excluding hydrogens is 511 g/mol. The first-order valence-corrected chi connectivity index (χ1v) is 13.3. The van der Waals surface area contributed by atoms with Crippen LogP contribution in [0.4, 0.5) is 10.1 Å². The highest BCUT2D eigenvalue weighted by Crippen LogP contribution is 2.34. The number of rotatable bonds is 10. The zero-order chi connectivity index (χ0) is 27.4. The van der Waals surface area contributed by atoms with Gasteiger partial charge in [0.05, 0.1) is 22.7 Å². The molecule has 4 rings (SSSR count). The minimum Gasteiger partial charge on any atom is -0.478 e. The topological polar surface area (TPSA) is 123 Å². The van der Waals surface area contributed by atoms with E-state index in [1.807, 2.05) is 10.3 Å². The van der Waals surface area contributed by atoms with Gasteiger partial charge in [-0.2, -0.15) is 0 Å². The molecule has 3 heterocycles. The molecule has 0 radical (unpaired) electrons. The summed E-state index contributed by atoms with van der Waals surface area (Å²) < 4.78 is 15.7. The number of hydrogen-bond donors (Lipinski definition) is 2. The molecule has 0 saturated carbocycles. The Hall–Kier alpha value is -3.44. The smallest absolute Gasteiger partial charge is 0.335 e. The van der Waals surface area contributed by atoms with Crippen molar-refractivity contribution in [1.82, 2.24) is 9.88 Å². The summed E-state index contributed by atoms with van der Waals surface area (Å²) in [5.74, 6) is -2.66. The van der Waals surface area contributed by atoms with Crippen molar-refractivity contribution in [2.24, 2.45) is 10.9 Å². The summed E-state index contributed by atoms with van der Waals surface area (Å²) in [6.45, 7) is 4.58. The van der Waals surface area contributed by atoms with Crippen molar-refractivity contribution in [2.45, 2.75) is 38.8 Å². The highest BCUT2D eigenvalue weighted by Gasteiger charge is 2.41. The van der Waals surface area contributed by atoms with E-state index in [4.69, 9.17) is 0 Å². The molecule has 9 nitrogen and oxygen atoms in total. The van der Waals surface area contributed by atoms with Crippen LogP contribution in [0.3, 0.4) is 0 Å². The third-order valence-corrected chi connectivity index (χ3v) is 8.03. The Balaban J connectivity index is 1.50. The van der Waals surface area contributed by atoms with Gasteiger partial charge in [-0.3, -0.25) is 14.7 Å². The molecule has 2 aliphatic heterocycles. The zero-order valence-corrected chi connectivity index (χ0v) is 22.2. The number of amides is 1. The van der Waals surface area contributed by atoms with Crippen molar-refractivity contribution in [3.05, 3.63) is 57.1 Å². The highest BCUT2D eigenvalue weighted by molar-refractivity contribution is 7.09. The molecule has 2 unspecified atom stereocenters. The molecule has 1 fully saturated rings. The maximum Gasteiger partial charge on any atom is 0.335 e. The van der Waals surface area contributed by atoms with Gasteiger partial charge in [0, 0.05) is 67.9 Å². The molecule has 1 aromatic carbocycles. The number of aliphatic carboxylic acids is 1. The number of aliphatic imine (C=N–C) groups is 1. The van der Waals surface area contributed by atoms with Crippen LogP contribution >= 0.6 is 11.3 Å². The number of carboxylic acid groups (broad SMARTS) is 2. The minimum absolute atomic E-state index is 0.0563. The molecule has 0 spiro atoms. The number of piperidine rings is 1. The summed E-state index contributed by atoms with van der Waals surface area (Å²) in [6.07, 6.45) is 3.56. The average molecular weight is 543 g/mol. The lowest BCUT2D eigenvalue weighted by Crippen LogP contribution is -2.52. The number of aryl methyl sites for hydroxylation is 1. The summed E-state index contributed by atoms with van der Waals surface area (Å²) >= 11 is 1.53. The number of carbonyl (C=O) groups excluding carboxylic acids is 1. The number of dihydropyridines is 1. The number of benzene rings is 1. The predicted octanol–water partition coefficient (Wildman–Crippen LogP) is 3.63. The van der Waals surface area contributed by atoms with E-state index in [-0.39, 0.29) is 30.6 Å². The lowest BCUT2D eigenvalue weighted by Gasteiger charge is -2.43. The Labute approximate surface area is 224 Å². The van der Waals surface area contributed by atoms with Crippen LogP contribution in [0, 0.1) is 12.8 Å². The first kappa shape index (κ1) is 27.6. The Morgan fingerprint density at radius 2 is 2.08 bits per heavy atom. The van der Waals surface area contributed by atoms with E-state index in [9.17, 15) is 24.6 Å². The molecule has 1 saturated heterocycles. The van der Waals surface area contributed by atoms with Crippen LogP contribution in [0.2, 0.25) is 0 Å². The number of halogens is 1. The number of likely N-dealkylation sites (tertiary alicyclic amines) is 1. The van der Waals surface area contributed by atoms with E-state index in [1.54, 1.807) is 19.2 Å². The van der Waals surface area contributed by atoms with Crippen molar-refractivity contribution in [1.29, 1.82) is 0 Å². The van der Waals surface area contributed by atoms with Crippen molar-refractivity contribution < 1.29 is 29.0 Å². The van der Waals surface area contributed by atoms with Gasteiger partial charge >= 0.3 is 11.9 Å². The van der Waals surface area contributed by atoms with Gasteiger partial charge in [0.15, 0.2) is 0 Å². The van der Waals surface area contributed by atoms with E-state index in [0.29, 0.717) is 50.1 Å². The van der Waals surface area contributed by atoms with Crippen molar-refractivity contribution >= 4 is 41.1 Å². The lowest BCUT2D eigenvalue weighted by molar-refractivity contribution is -0.132. The van der Waals surface area contributed by atoms with E-state index in [2.05, 4.69) is 9.98 Å². The quantitative estimate of drug-likeness (QED) is 0.440. The molecule has 1 amide bonds. The van der Waals surface area contributed by atoms with Gasteiger partial charge in [0.1, 0.15) is 5.67 Å². The number of carboxylic acids is 2. The summed E-state index contributed by atoms with van der Waals surface area (Å²) in [5, 5.41) is 22.0. The normalized spacial score (nSPS) is 22.2. The van der Waals surface area contributed by atoms with Crippen molar-refractivity contribution in [3.8, 4) is 0 Å². The third kappa shape index (κ3) is 6.51. The van der Waals surface area contributed by atoms with Gasteiger partial charge in [-0.05, 0) is 49.6 Å². The number of hydrogen-bond acceptors (Lipinski definition) is 7. The second-order valence-electron chi connectivity index (χ2n) is 10.1. The summed E-state index contributed by atoms with van der Waals surface area (Å²) in [5.41, 5.74) is 1.50. The maximum absolute atomic E-state index is 15.7. The standard InChI is InChI=1S/C27H31FN4O5S/c1-17-7-18(25(34)35)10-22(8-17)32(16-33)15-20-14-31(5-3-27(20,2)28)13-19-9-21(11-24-29-4-6-38-24)30-12-23(19)26(36)37/h4,6-8,10,16,20H,3,5,9,11-15H2,1-2H3,(H,34,35)(H,36,37). The Morgan fingerprint density at radius 3 is 2.74 bits per heavy atom. The fourth-order valence-electron chi connectivity index (χ4n) is 5.05. The largest absolute Gasteiger partial charge is 0.478 e. The Bertz CT molecular complexity index is 1270. The third-order valence-electron chi connectivity index (χ3n) is 7.25.